The molecule has 1 fully saturated rings. The van der Waals surface area contributed by atoms with Crippen LogP contribution in [-0.4, -0.2) is 58.4 Å². The van der Waals surface area contributed by atoms with Gasteiger partial charge in [-0.15, -0.1) is 0 Å². The summed E-state index contributed by atoms with van der Waals surface area (Å²) < 4.78 is 0. The van der Waals surface area contributed by atoms with E-state index in [-0.39, 0.29) is 17.9 Å². The Morgan fingerprint density at radius 1 is 1.14 bits per heavy atom. The number of aliphatic imine (C=N–C) groups is 1. The maximum Gasteiger partial charge on any atom is 0.328 e. The van der Waals surface area contributed by atoms with Crippen molar-refractivity contribution in [2.24, 2.45) is 10.9 Å². The van der Waals surface area contributed by atoms with Crippen LogP contribution in [0, 0.1) is 19.8 Å². The number of carbonyl (C=O) groups excluding carboxylic acids is 2. The maximum absolute atomic E-state index is 13.2. The second kappa shape index (κ2) is 6.36. The van der Waals surface area contributed by atoms with E-state index in [0.717, 1.165) is 11.4 Å². The van der Waals surface area contributed by atoms with Gasteiger partial charge >= 0.3 is 6.03 Å². The molecular weight excluding hydrogens is 354 g/mol. The van der Waals surface area contributed by atoms with Crippen LogP contribution < -0.4 is 4.90 Å². The predicted octanol–water partition coefficient (Wildman–Crippen LogP) is 2.90. The fourth-order valence-electron chi connectivity index (χ4n) is 4.16. The van der Waals surface area contributed by atoms with Crippen molar-refractivity contribution >= 4 is 23.6 Å². The Bertz CT molecular complexity index is 919. The highest BCUT2D eigenvalue weighted by atomic mass is 16.2. The van der Waals surface area contributed by atoms with Crippen LogP contribution in [0.3, 0.4) is 0 Å². The molecule has 148 valence electrons. The van der Waals surface area contributed by atoms with E-state index < -0.39 is 12.2 Å². The number of allylic oxidation sites excluding steroid dienone is 1. The molecule has 0 aliphatic carbocycles. The molecule has 3 heterocycles. The zero-order valence-electron chi connectivity index (χ0n) is 17.3. The topological polar surface area (TPSA) is 59.5 Å². The number of fused-ring (bicyclic) bond motifs is 3. The van der Waals surface area contributed by atoms with E-state index in [1.807, 2.05) is 37.9 Å². The fourth-order valence-corrected chi connectivity index (χ4v) is 4.16. The zero-order valence-corrected chi connectivity index (χ0v) is 17.3. The average Bonchev–Trinajstić information content (AvgIpc) is 3.14. The SMILES string of the molecule is CC1=CN2C(=NC3C2C(=O)N(CC(C)C)C(=O)N3C)N1c1cccc(C)c1C. The number of rotatable bonds is 3. The Morgan fingerprint density at radius 3 is 2.54 bits per heavy atom. The molecule has 2 atom stereocenters. The zero-order chi connectivity index (χ0) is 20.3. The number of urea groups is 1. The van der Waals surface area contributed by atoms with Crippen molar-refractivity contribution < 1.29 is 9.59 Å². The molecule has 0 aromatic heterocycles. The van der Waals surface area contributed by atoms with Crippen LogP contribution >= 0.6 is 0 Å². The lowest BCUT2D eigenvalue weighted by molar-refractivity contribution is -0.137. The van der Waals surface area contributed by atoms with Crippen molar-refractivity contribution in [3.05, 3.63) is 41.2 Å². The summed E-state index contributed by atoms with van der Waals surface area (Å²) in [7, 11) is 1.73. The highest BCUT2D eigenvalue weighted by Gasteiger charge is 2.54. The number of guanidine groups is 1. The quantitative estimate of drug-likeness (QED) is 0.808. The molecule has 0 radical (unpaired) electrons. The molecule has 1 aromatic rings. The number of imide groups is 1. The molecule has 4 rings (SSSR count). The van der Waals surface area contributed by atoms with Crippen molar-refractivity contribution in [2.45, 2.75) is 46.8 Å². The summed E-state index contributed by atoms with van der Waals surface area (Å²) in [6, 6.07) is 5.39. The molecule has 3 aliphatic heterocycles. The summed E-state index contributed by atoms with van der Waals surface area (Å²) in [5.41, 5.74) is 4.43. The molecule has 1 saturated heterocycles. The Balaban J connectivity index is 1.74. The van der Waals surface area contributed by atoms with Crippen LogP contribution in [0.5, 0.6) is 0 Å². The first-order chi connectivity index (χ1) is 13.2. The highest BCUT2D eigenvalue weighted by molar-refractivity contribution is 6.10. The van der Waals surface area contributed by atoms with Crippen LogP contribution in [0.2, 0.25) is 0 Å². The van der Waals surface area contributed by atoms with Crippen LogP contribution in [0.15, 0.2) is 35.1 Å². The van der Waals surface area contributed by atoms with Gasteiger partial charge in [-0.2, -0.15) is 0 Å². The van der Waals surface area contributed by atoms with Crippen molar-refractivity contribution in [3.63, 3.8) is 0 Å². The third kappa shape index (κ3) is 2.52. The maximum atomic E-state index is 13.2. The van der Waals surface area contributed by atoms with Gasteiger partial charge < -0.3 is 9.80 Å². The molecule has 0 saturated carbocycles. The minimum Gasteiger partial charge on any atom is -0.302 e. The number of anilines is 1. The number of amides is 3. The Labute approximate surface area is 165 Å². The number of nitrogens with zero attached hydrogens (tertiary/aromatic N) is 5. The van der Waals surface area contributed by atoms with Gasteiger partial charge in [0.25, 0.3) is 5.91 Å². The van der Waals surface area contributed by atoms with Gasteiger partial charge in [-0.05, 0) is 43.9 Å². The second-order valence-electron chi connectivity index (χ2n) is 8.26. The Kier molecular flexibility index (Phi) is 4.21. The largest absolute Gasteiger partial charge is 0.328 e. The normalized spacial score (nSPS) is 24.1. The minimum atomic E-state index is -0.512. The lowest BCUT2D eigenvalue weighted by Gasteiger charge is -2.40. The second-order valence-corrected chi connectivity index (χ2v) is 8.26. The number of carbonyl (C=O) groups is 2. The molecule has 0 N–H and O–H groups in total. The standard InChI is InChI=1S/C21H27N5O2/c1-12(2)10-25-19(27)17-18(23(6)21(25)28)22-20-24(17)11-14(4)26(20)16-9-7-8-13(3)15(16)5/h7-9,11-12,17-18H,10H2,1-6H3. The highest BCUT2D eigenvalue weighted by Crippen LogP contribution is 2.38. The van der Waals surface area contributed by atoms with Gasteiger partial charge in [-0.3, -0.25) is 14.6 Å². The van der Waals surface area contributed by atoms with Gasteiger partial charge in [0.15, 0.2) is 12.2 Å². The van der Waals surface area contributed by atoms with Crippen molar-refractivity contribution in [1.82, 2.24) is 14.7 Å². The van der Waals surface area contributed by atoms with E-state index in [1.54, 1.807) is 11.9 Å². The van der Waals surface area contributed by atoms with Crippen LogP contribution in [-0.2, 0) is 4.79 Å². The number of benzene rings is 1. The third-order valence-electron chi connectivity index (χ3n) is 5.75. The fraction of sp³-hybridized carbons (Fsp3) is 0.476. The first-order valence-electron chi connectivity index (χ1n) is 9.71. The number of aryl methyl sites for hydroxylation is 1. The third-order valence-corrected chi connectivity index (χ3v) is 5.75. The lowest BCUT2D eigenvalue weighted by Crippen LogP contribution is -2.64. The summed E-state index contributed by atoms with van der Waals surface area (Å²) in [4.78, 5) is 37.8. The monoisotopic (exact) mass is 381 g/mol. The first-order valence-corrected chi connectivity index (χ1v) is 9.71. The smallest absolute Gasteiger partial charge is 0.302 e. The number of hydrogen-bond donors (Lipinski definition) is 0. The molecule has 1 aromatic carbocycles. The Hall–Kier alpha value is -2.83. The van der Waals surface area contributed by atoms with E-state index in [2.05, 4.69) is 30.9 Å². The molecule has 7 heteroatoms. The van der Waals surface area contributed by atoms with Gasteiger partial charge in [0, 0.05) is 25.5 Å². The molecule has 0 spiro atoms. The molecule has 2 unspecified atom stereocenters. The molecule has 7 nitrogen and oxygen atoms in total. The average molecular weight is 381 g/mol. The van der Waals surface area contributed by atoms with Crippen molar-refractivity contribution in [3.8, 4) is 0 Å². The molecular formula is C21H27N5O2. The van der Waals surface area contributed by atoms with Crippen molar-refractivity contribution in [1.29, 1.82) is 0 Å². The van der Waals surface area contributed by atoms with Crippen LogP contribution in [0.25, 0.3) is 0 Å². The molecule has 3 amide bonds. The van der Waals surface area contributed by atoms with Gasteiger partial charge in [0.1, 0.15) is 0 Å². The first kappa shape index (κ1) is 18.5. The molecule has 3 aliphatic rings. The van der Waals surface area contributed by atoms with E-state index in [4.69, 9.17) is 4.99 Å². The number of likely N-dealkylation sites (N-methyl/N-ethyl adjacent to an activating group) is 1. The number of hydrogen-bond acceptors (Lipinski definition) is 5. The van der Waals surface area contributed by atoms with Gasteiger partial charge in [-0.1, -0.05) is 26.0 Å². The lowest BCUT2D eigenvalue weighted by atomic mass is 10.1. The van der Waals surface area contributed by atoms with E-state index >= 15 is 0 Å². The molecule has 28 heavy (non-hydrogen) atoms. The van der Waals surface area contributed by atoms with Gasteiger partial charge in [-0.25, -0.2) is 9.79 Å². The minimum absolute atomic E-state index is 0.174. The molecule has 0 bridgehead atoms. The Morgan fingerprint density at radius 2 is 1.86 bits per heavy atom. The van der Waals surface area contributed by atoms with Gasteiger partial charge in [0.2, 0.25) is 5.96 Å². The van der Waals surface area contributed by atoms with Crippen molar-refractivity contribution in [2.75, 3.05) is 18.5 Å². The predicted molar refractivity (Wildman–Crippen MR) is 109 cm³/mol. The van der Waals surface area contributed by atoms with Crippen LogP contribution in [0.1, 0.15) is 31.9 Å². The summed E-state index contributed by atoms with van der Waals surface area (Å²) in [6.45, 7) is 10.6. The van der Waals surface area contributed by atoms with E-state index in [0.29, 0.717) is 12.5 Å². The van der Waals surface area contributed by atoms with Crippen LogP contribution in [0.4, 0.5) is 10.5 Å². The summed E-state index contributed by atoms with van der Waals surface area (Å²) in [6.07, 6.45) is 1.47. The summed E-state index contributed by atoms with van der Waals surface area (Å²) >= 11 is 0. The summed E-state index contributed by atoms with van der Waals surface area (Å²) in [5.74, 6) is 0.745. The van der Waals surface area contributed by atoms with E-state index in [9.17, 15) is 9.59 Å². The summed E-state index contributed by atoms with van der Waals surface area (Å²) in [5, 5.41) is 0. The van der Waals surface area contributed by atoms with Gasteiger partial charge in [0.05, 0.1) is 5.69 Å². The van der Waals surface area contributed by atoms with E-state index in [1.165, 1.54) is 16.0 Å².